The molecule has 2 atom stereocenters. The van der Waals surface area contributed by atoms with Gasteiger partial charge in [-0.05, 0) is 38.5 Å². The van der Waals surface area contributed by atoms with Crippen molar-refractivity contribution >= 4 is 17.7 Å². The number of esters is 1. The third-order valence-corrected chi connectivity index (χ3v) is 3.91. The van der Waals surface area contributed by atoms with Crippen LogP contribution in [0.5, 0.6) is 5.75 Å². The van der Waals surface area contributed by atoms with Crippen molar-refractivity contribution in [1.29, 1.82) is 0 Å². The molecule has 2 rings (SSSR count). The molecule has 1 unspecified atom stereocenters. The normalized spacial score (nSPS) is 23.3. The first kappa shape index (κ1) is 14.2. The van der Waals surface area contributed by atoms with Gasteiger partial charge in [0.2, 0.25) is 0 Å². The molecule has 1 aliphatic heterocycles. The van der Waals surface area contributed by atoms with Crippen molar-refractivity contribution in [3.63, 3.8) is 0 Å². The number of hydrogen-bond acceptors (Lipinski definition) is 5. The van der Waals surface area contributed by atoms with Crippen molar-refractivity contribution in [2.24, 2.45) is 0 Å². The van der Waals surface area contributed by atoms with Gasteiger partial charge in [0.15, 0.2) is 0 Å². The Labute approximate surface area is 117 Å². The summed E-state index contributed by atoms with van der Waals surface area (Å²) in [5, 5.41) is 12.7. The first-order valence-corrected chi connectivity index (χ1v) is 7.29. The number of phenols is 1. The van der Waals surface area contributed by atoms with Gasteiger partial charge < -0.3 is 9.84 Å². The van der Waals surface area contributed by atoms with Crippen LogP contribution >= 0.6 is 11.8 Å². The van der Waals surface area contributed by atoms with E-state index in [4.69, 9.17) is 4.74 Å². The van der Waals surface area contributed by atoms with Crippen LogP contribution in [0.4, 0.5) is 0 Å². The molecule has 0 saturated carbocycles. The van der Waals surface area contributed by atoms with Crippen LogP contribution in [0.2, 0.25) is 0 Å². The molecule has 4 nitrogen and oxygen atoms in total. The zero-order valence-corrected chi connectivity index (χ0v) is 12.2. The van der Waals surface area contributed by atoms with E-state index in [0.717, 1.165) is 5.56 Å². The van der Waals surface area contributed by atoms with Gasteiger partial charge in [-0.15, -0.1) is 11.8 Å². The predicted molar refractivity (Wildman–Crippen MR) is 76.1 cm³/mol. The molecule has 1 aromatic carbocycles. The Hall–Kier alpha value is -1.20. The second-order valence-corrected chi connectivity index (χ2v) is 6.70. The summed E-state index contributed by atoms with van der Waals surface area (Å²) in [5.74, 6) is 0.693. The molecule has 0 radical (unpaired) electrons. The lowest BCUT2D eigenvalue weighted by molar-refractivity contribution is -0.156. The zero-order chi connectivity index (χ0) is 14.0. The number of carbonyl (C=O) groups excluding carboxylic acids is 1. The molecule has 1 saturated heterocycles. The minimum atomic E-state index is -0.466. The lowest BCUT2D eigenvalue weighted by Crippen LogP contribution is -2.39. The summed E-state index contributed by atoms with van der Waals surface area (Å²) in [6.45, 7) is 5.58. The quantitative estimate of drug-likeness (QED) is 0.815. The van der Waals surface area contributed by atoms with Crippen LogP contribution in [-0.2, 0) is 9.53 Å². The molecule has 0 spiro atoms. The lowest BCUT2D eigenvalue weighted by Gasteiger charge is -2.22. The van der Waals surface area contributed by atoms with Crippen LogP contribution in [0.15, 0.2) is 24.3 Å². The molecule has 0 aliphatic carbocycles. The highest BCUT2D eigenvalue weighted by atomic mass is 32.2. The number of nitrogens with one attached hydrogen (secondary N) is 1. The van der Waals surface area contributed by atoms with Crippen LogP contribution in [0.25, 0.3) is 0 Å². The van der Waals surface area contributed by atoms with Crippen LogP contribution < -0.4 is 5.32 Å². The van der Waals surface area contributed by atoms with E-state index in [-0.39, 0.29) is 23.1 Å². The summed E-state index contributed by atoms with van der Waals surface area (Å²) < 4.78 is 5.37. The second-order valence-electron chi connectivity index (χ2n) is 5.56. The zero-order valence-electron chi connectivity index (χ0n) is 11.3. The maximum atomic E-state index is 12.0. The molecule has 0 bridgehead atoms. The van der Waals surface area contributed by atoms with E-state index in [1.165, 1.54) is 0 Å². The van der Waals surface area contributed by atoms with Gasteiger partial charge in [-0.3, -0.25) is 10.1 Å². The summed E-state index contributed by atoms with van der Waals surface area (Å²) in [6, 6.07) is 6.78. The molecule has 0 amide bonds. The van der Waals surface area contributed by atoms with E-state index in [9.17, 15) is 9.90 Å². The maximum absolute atomic E-state index is 12.0. The predicted octanol–water partition coefficient (Wildman–Crippen LogP) is 2.44. The van der Waals surface area contributed by atoms with Crippen LogP contribution in [0.1, 0.15) is 31.7 Å². The second kappa shape index (κ2) is 5.43. The average Bonchev–Trinajstić information content (AvgIpc) is 2.75. The van der Waals surface area contributed by atoms with E-state index in [1.807, 2.05) is 26.8 Å². The van der Waals surface area contributed by atoms with E-state index in [0.29, 0.717) is 5.75 Å². The Kier molecular flexibility index (Phi) is 4.06. The third kappa shape index (κ3) is 3.88. The Morgan fingerprint density at radius 3 is 2.84 bits per heavy atom. The highest BCUT2D eigenvalue weighted by Crippen LogP contribution is 2.34. The molecular weight excluding hydrogens is 262 g/mol. The summed E-state index contributed by atoms with van der Waals surface area (Å²) in [5.41, 5.74) is 0.503. The number of aromatic hydroxyl groups is 1. The molecule has 2 N–H and O–H groups in total. The van der Waals surface area contributed by atoms with E-state index >= 15 is 0 Å². The number of thioether (sulfide) groups is 1. The van der Waals surface area contributed by atoms with Gasteiger partial charge in [0.05, 0.1) is 5.37 Å². The largest absolute Gasteiger partial charge is 0.508 e. The van der Waals surface area contributed by atoms with Gasteiger partial charge in [-0.25, -0.2) is 0 Å². The van der Waals surface area contributed by atoms with Gasteiger partial charge in [0.1, 0.15) is 17.4 Å². The lowest BCUT2D eigenvalue weighted by atomic mass is 10.2. The minimum Gasteiger partial charge on any atom is -0.508 e. The van der Waals surface area contributed by atoms with Gasteiger partial charge in [-0.1, -0.05) is 12.1 Å². The van der Waals surface area contributed by atoms with Crippen LogP contribution in [-0.4, -0.2) is 28.5 Å². The monoisotopic (exact) mass is 281 g/mol. The van der Waals surface area contributed by atoms with Gasteiger partial charge in [-0.2, -0.15) is 0 Å². The topological polar surface area (TPSA) is 58.6 Å². The molecular formula is C14H19NO3S. The average molecular weight is 281 g/mol. The molecule has 0 aromatic heterocycles. The molecule has 5 heteroatoms. The molecule has 1 fully saturated rings. The smallest absolute Gasteiger partial charge is 0.324 e. The number of ether oxygens (including phenoxy) is 1. The SMILES string of the molecule is CC(C)(C)OC(=O)[C@H]1CSC(c2cccc(O)c2)N1. The van der Waals surface area contributed by atoms with Gasteiger partial charge in [0.25, 0.3) is 0 Å². The fourth-order valence-corrected chi connectivity index (χ4v) is 3.08. The fraction of sp³-hybridized carbons (Fsp3) is 0.500. The number of carbonyl (C=O) groups is 1. The Bertz CT molecular complexity index is 470. The Morgan fingerprint density at radius 2 is 2.21 bits per heavy atom. The molecule has 19 heavy (non-hydrogen) atoms. The van der Waals surface area contributed by atoms with Crippen molar-refractivity contribution in [3.05, 3.63) is 29.8 Å². The van der Waals surface area contributed by atoms with Crippen molar-refractivity contribution in [3.8, 4) is 5.75 Å². The fourth-order valence-electron chi connectivity index (χ4n) is 1.86. The highest BCUT2D eigenvalue weighted by Gasteiger charge is 2.33. The third-order valence-electron chi connectivity index (χ3n) is 2.65. The van der Waals surface area contributed by atoms with E-state index in [2.05, 4.69) is 5.32 Å². The number of benzene rings is 1. The van der Waals surface area contributed by atoms with Crippen molar-refractivity contribution in [2.75, 3.05) is 5.75 Å². The highest BCUT2D eigenvalue weighted by molar-refractivity contribution is 7.99. The minimum absolute atomic E-state index is 0.0182. The maximum Gasteiger partial charge on any atom is 0.324 e. The van der Waals surface area contributed by atoms with Crippen LogP contribution in [0.3, 0.4) is 0 Å². The Balaban J connectivity index is 1.98. The molecule has 1 aromatic rings. The van der Waals surface area contributed by atoms with Gasteiger partial charge in [0, 0.05) is 5.75 Å². The van der Waals surface area contributed by atoms with E-state index in [1.54, 1.807) is 30.0 Å². The van der Waals surface area contributed by atoms with Gasteiger partial charge >= 0.3 is 5.97 Å². The number of phenolic OH excluding ortho intramolecular Hbond substituents is 1. The Morgan fingerprint density at radius 1 is 1.47 bits per heavy atom. The van der Waals surface area contributed by atoms with E-state index < -0.39 is 5.60 Å². The molecule has 1 heterocycles. The summed E-state index contributed by atoms with van der Waals surface area (Å²) >= 11 is 1.64. The number of rotatable bonds is 2. The standard InChI is InChI=1S/C14H19NO3S/c1-14(2,3)18-13(17)11-8-19-12(15-11)9-5-4-6-10(16)7-9/h4-7,11-12,15-16H,8H2,1-3H3/t11-,12?/m1/s1. The molecule has 104 valence electrons. The first-order chi connectivity index (χ1) is 8.85. The number of hydrogen-bond donors (Lipinski definition) is 2. The van der Waals surface area contributed by atoms with Crippen LogP contribution in [0, 0.1) is 0 Å². The summed E-state index contributed by atoms with van der Waals surface area (Å²) in [4.78, 5) is 12.0. The van der Waals surface area contributed by atoms with Crippen molar-refractivity contribution in [1.82, 2.24) is 5.32 Å². The first-order valence-electron chi connectivity index (χ1n) is 6.24. The summed E-state index contributed by atoms with van der Waals surface area (Å²) in [7, 11) is 0. The summed E-state index contributed by atoms with van der Waals surface area (Å²) in [6.07, 6.45) is 0. The van der Waals surface area contributed by atoms with Crippen molar-refractivity contribution < 1.29 is 14.6 Å². The molecule has 1 aliphatic rings. The van der Waals surface area contributed by atoms with Crippen molar-refractivity contribution in [2.45, 2.75) is 37.8 Å².